The van der Waals surface area contributed by atoms with Gasteiger partial charge in [-0.25, -0.2) is 4.79 Å². The highest BCUT2D eigenvalue weighted by atomic mass is 16.6. The average Bonchev–Trinajstić information content (AvgIpc) is 2.62. The molecule has 0 radical (unpaired) electrons. The molecule has 1 rings (SSSR count). The fourth-order valence-corrected chi connectivity index (χ4v) is 2.22. The number of nitrogens with zero attached hydrogens (tertiary/aromatic N) is 1. The Morgan fingerprint density at radius 2 is 2.20 bits per heavy atom. The Morgan fingerprint density at radius 3 is 2.73 bits per heavy atom. The SMILES string of the molecule is CC(C)OC(=O)N(C)C1CCCC1CN. The van der Waals surface area contributed by atoms with Crippen LogP contribution in [0, 0.1) is 5.92 Å². The van der Waals surface area contributed by atoms with E-state index in [9.17, 15) is 4.79 Å². The molecular weight excluding hydrogens is 192 g/mol. The minimum Gasteiger partial charge on any atom is -0.447 e. The molecule has 0 saturated heterocycles. The largest absolute Gasteiger partial charge is 0.447 e. The van der Waals surface area contributed by atoms with Gasteiger partial charge in [0.25, 0.3) is 0 Å². The van der Waals surface area contributed by atoms with Gasteiger partial charge in [-0.05, 0) is 39.2 Å². The zero-order valence-corrected chi connectivity index (χ0v) is 9.90. The normalized spacial score (nSPS) is 25.7. The van der Waals surface area contributed by atoms with Crippen molar-refractivity contribution in [2.75, 3.05) is 13.6 Å². The lowest BCUT2D eigenvalue weighted by atomic mass is 10.0. The van der Waals surface area contributed by atoms with Gasteiger partial charge in [-0.2, -0.15) is 0 Å². The third-order valence-electron chi connectivity index (χ3n) is 3.04. The minimum atomic E-state index is -0.227. The molecule has 1 aliphatic rings. The summed E-state index contributed by atoms with van der Waals surface area (Å²) in [5.74, 6) is 0.440. The van der Waals surface area contributed by atoms with Crippen LogP contribution in [0.5, 0.6) is 0 Å². The summed E-state index contributed by atoms with van der Waals surface area (Å²) in [5.41, 5.74) is 5.68. The van der Waals surface area contributed by atoms with E-state index >= 15 is 0 Å². The van der Waals surface area contributed by atoms with Crippen molar-refractivity contribution in [2.45, 2.75) is 45.3 Å². The molecule has 1 saturated carbocycles. The number of carbonyl (C=O) groups is 1. The molecule has 2 unspecified atom stereocenters. The van der Waals surface area contributed by atoms with Crippen LogP contribution in [-0.4, -0.2) is 36.7 Å². The molecule has 0 bridgehead atoms. The summed E-state index contributed by atoms with van der Waals surface area (Å²) < 4.78 is 5.16. The Kier molecular flexibility index (Phi) is 4.39. The predicted octanol–water partition coefficient (Wildman–Crippen LogP) is 1.59. The van der Waals surface area contributed by atoms with Crippen molar-refractivity contribution in [1.29, 1.82) is 0 Å². The highest BCUT2D eigenvalue weighted by molar-refractivity contribution is 5.67. The molecular formula is C11H22N2O2. The van der Waals surface area contributed by atoms with E-state index in [4.69, 9.17) is 10.5 Å². The van der Waals surface area contributed by atoms with Gasteiger partial charge in [0.1, 0.15) is 0 Å². The first-order valence-corrected chi connectivity index (χ1v) is 5.69. The molecule has 0 aromatic carbocycles. The van der Waals surface area contributed by atoms with Gasteiger partial charge < -0.3 is 15.4 Å². The van der Waals surface area contributed by atoms with Crippen LogP contribution < -0.4 is 5.73 Å². The highest BCUT2D eigenvalue weighted by Crippen LogP contribution is 2.28. The Labute approximate surface area is 91.8 Å². The van der Waals surface area contributed by atoms with Gasteiger partial charge >= 0.3 is 6.09 Å². The van der Waals surface area contributed by atoms with E-state index < -0.39 is 0 Å². The molecule has 0 spiro atoms. The van der Waals surface area contributed by atoms with Crippen LogP contribution in [0.15, 0.2) is 0 Å². The molecule has 0 heterocycles. The van der Waals surface area contributed by atoms with Gasteiger partial charge in [-0.3, -0.25) is 0 Å². The lowest BCUT2D eigenvalue weighted by molar-refractivity contribution is 0.0669. The van der Waals surface area contributed by atoms with Crippen molar-refractivity contribution in [3.05, 3.63) is 0 Å². The second-order valence-electron chi connectivity index (χ2n) is 4.54. The first kappa shape index (κ1) is 12.3. The van der Waals surface area contributed by atoms with Crippen LogP contribution in [0.4, 0.5) is 4.79 Å². The fraction of sp³-hybridized carbons (Fsp3) is 0.909. The summed E-state index contributed by atoms with van der Waals surface area (Å²) >= 11 is 0. The summed E-state index contributed by atoms with van der Waals surface area (Å²) in [6, 6.07) is 0.265. The van der Waals surface area contributed by atoms with E-state index in [2.05, 4.69) is 0 Å². The van der Waals surface area contributed by atoms with E-state index in [1.807, 2.05) is 20.9 Å². The summed E-state index contributed by atoms with van der Waals surface area (Å²) in [4.78, 5) is 13.4. The number of hydrogen-bond acceptors (Lipinski definition) is 3. The van der Waals surface area contributed by atoms with Gasteiger partial charge in [0.15, 0.2) is 0 Å². The van der Waals surface area contributed by atoms with E-state index in [0.29, 0.717) is 12.5 Å². The zero-order valence-electron chi connectivity index (χ0n) is 9.90. The van der Waals surface area contributed by atoms with E-state index in [1.54, 1.807) is 4.90 Å². The molecule has 4 heteroatoms. The van der Waals surface area contributed by atoms with Crippen LogP contribution in [0.1, 0.15) is 33.1 Å². The van der Waals surface area contributed by atoms with Gasteiger partial charge in [0.05, 0.1) is 6.10 Å². The van der Waals surface area contributed by atoms with Gasteiger partial charge in [0.2, 0.25) is 0 Å². The Morgan fingerprint density at radius 1 is 1.53 bits per heavy atom. The lowest BCUT2D eigenvalue weighted by Crippen LogP contribution is -2.42. The zero-order chi connectivity index (χ0) is 11.4. The van der Waals surface area contributed by atoms with Crippen LogP contribution in [0.3, 0.4) is 0 Å². The van der Waals surface area contributed by atoms with Crippen molar-refractivity contribution in [1.82, 2.24) is 4.90 Å². The van der Waals surface area contributed by atoms with Gasteiger partial charge in [-0.15, -0.1) is 0 Å². The Hall–Kier alpha value is -0.770. The number of nitrogens with two attached hydrogens (primary N) is 1. The Bertz CT molecular complexity index is 219. The van der Waals surface area contributed by atoms with Crippen LogP contribution >= 0.6 is 0 Å². The van der Waals surface area contributed by atoms with Crippen LogP contribution in [0.25, 0.3) is 0 Å². The number of carbonyl (C=O) groups excluding carboxylic acids is 1. The van der Waals surface area contributed by atoms with E-state index in [1.165, 1.54) is 0 Å². The van der Waals surface area contributed by atoms with E-state index in [0.717, 1.165) is 19.3 Å². The summed E-state index contributed by atoms with van der Waals surface area (Å²) in [6.45, 7) is 4.38. The number of rotatable bonds is 3. The van der Waals surface area contributed by atoms with Gasteiger partial charge in [0, 0.05) is 13.1 Å². The first-order chi connectivity index (χ1) is 7.06. The maximum absolute atomic E-state index is 11.7. The monoisotopic (exact) mass is 214 g/mol. The summed E-state index contributed by atoms with van der Waals surface area (Å²) in [6.07, 6.45) is 3.05. The average molecular weight is 214 g/mol. The minimum absolute atomic E-state index is 0.0577. The second kappa shape index (κ2) is 5.35. The molecule has 0 aliphatic heterocycles. The van der Waals surface area contributed by atoms with E-state index in [-0.39, 0.29) is 18.2 Å². The van der Waals surface area contributed by atoms with Crippen molar-refractivity contribution in [3.8, 4) is 0 Å². The molecule has 1 fully saturated rings. The number of amides is 1. The summed E-state index contributed by atoms with van der Waals surface area (Å²) in [5, 5.41) is 0. The smallest absolute Gasteiger partial charge is 0.410 e. The second-order valence-corrected chi connectivity index (χ2v) is 4.54. The van der Waals surface area contributed by atoms with Crippen molar-refractivity contribution in [3.63, 3.8) is 0 Å². The van der Waals surface area contributed by atoms with Crippen molar-refractivity contribution >= 4 is 6.09 Å². The van der Waals surface area contributed by atoms with Crippen LogP contribution in [0.2, 0.25) is 0 Å². The molecule has 1 amide bonds. The fourth-order valence-electron chi connectivity index (χ4n) is 2.22. The molecule has 2 N–H and O–H groups in total. The first-order valence-electron chi connectivity index (χ1n) is 5.69. The van der Waals surface area contributed by atoms with Crippen molar-refractivity contribution in [2.24, 2.45) is 11.7 Å². The quantitative estimate of drug-likeness (QED) is 0.776. The number of ether oxygens (including phenoxy) is 1. The summed E-state index contributed by atoms with van der Waals surface area (Å²) in [7, 11) is 1.81. The maximum atomic E-state index is 11.7. The molecule has 0 aromatic heterocycles. The molecule has 88 valence electrons. The Balaban J connectivity index is 2.51. The van der Waals surface area contributed by atoms with Gasteiger partial charge in [-0.1, -0.05) is 6.42 Å². The predicted molar refractivity (Wildman–Crippen MR) is 59.6 cm³/mol. The van der Waals surface area contributed by atoms with Crippen LogP contribution in [-0.2, 0) is 4.74 Å². The number of hydrogen-bond donors (Lipinski definition) is 1. The molecule has 1 aliphatic carbocycles. The molecule has 2 atom stereocenters. The molecule has 15 heavy (non-hydrogen) atoms. The van der Waals surface area contributed by atoms with Crippen molar-refractivity contribution < 1.29 is 9.53 Å². The highest BCUT2D eigenvalue weighted by Gasteiger charge is 2.32. The standard InChI is InChI=1S/C11H22N2O2/c1-8(2)15-11(14)13(3)10-6-4-5-9(10)7-12/h8-10H,4-7,12H2,1-3H3. The molecule has 0 aromatic rings. The third kappa shape index (κ3) is 3.09. The lowest BCUT2D eigenvalue weighted by Gasteiger charge is -2.29. The topological polar surface area (TPSA) is 55.6 Å². The third-order valence-corrected chi connectivity index (χ3v) is 3.04. The maximum Gasteiger partial charge on any atom is 0.410 e. The molecule has 4 nitrogen and oxygen atoms in total.